The van der Waals surface area contributed by atoms with Crippen LogP contribution in [0.4, 0.5) is 5.88 Å². The highest BCUT2D eigenvalue weighted by Crippen LogP contribution is 2.42. The molecule has 1 aliphatic heterocycles. The van der Waals surface area contributed by atoms with E-state index in [4.69, 9.17) is 14.0 Å². The van der Waals surface area contributed by atoms with Gasteiger partial charge in [0.2, 0.25) is 11.8 Å². The van der Waals surface area contributed by atoms with Crippen molar-refractivity contribution in [3.05, 3.63) is 11.8 Å². The number of nitrogens with zero attached hydrogens (tertiary/aromatic N) is 1. The fraction of sp³-hybridized carbons (Fsp3) is 0.818. The second-order valence-electron chi connectivity index (χ2n) is 8.97. The summed E-state index contributed by atoms with van der Waals surface area (Å²) >= 11 is 1.68. The number of anilines is 1. The zero-order chi connectivity index (χ0) is 20.9. The molecular weight excluding hydrogens is 388 g/mol. The summed E-state index contributed by atoms with van der Waals surface area (Å²) in [6.07, 6.45) is 8.50. The Hall–Kier alpha value is -1.05. The summed E-state index contributed by atoms with van der Waals surface area (Å²) in [6.45, 7) is 9.55. The number of amides is 1. The number of ether oxygens (including phenoxy) is 2. The van der Waals surface area contributed by atoms with Crippen LogP contribution in [0.15, 0.2) is 10.6 Å². The molecule has 1 aliphatic carbocycles. The highest BCUT2D eigenvalue weighted by atomic mass is 32.2. The van der Waals surface area contributed by atoms with Gasteiger partial charge in [-0.05, 0) is 52.4 Å². The van der Waals surface area contributed by atoms with Crippen LogP contribution in [-0.4, -0.2) is 40.6 Å². The molecule has 2 heterocycles. The number of aromatic nitrogens is 1. The van der Waals surface area contributed by atoms with Crippen molar-refractivity contribution in [2.45, 2.75) is 101 Å². The lowest BCUT2D eigenvalue weighted by molar-refractivity contribution is -0.172. The lowest BCUT2D eigenvalue weighted by atomic mass is 9.83. The largest absolute Gasteiger partial charge is 0.353 e. The molecule has 1 amide bonds. The molecular formula is C22H36N2O4S. The summed E-state index contributed by atoms with van der Waals surface area (Å²) in [5, 5.41) is 7.67. The summed E-state index contributed by atoms with van der Waals surface area (Å²) in [5.74, 6) is 0.362. The summed E-state index contributed by atoms with van der Waals surface area (Å²) in [7, 11) is 0. The van der Waals surface area contributed by atoms with Gasteiger partial charge >= 0.3 is 0 Å². The summed E-state index contributed by atoms with van der Waals surface area (Å²) < 4.78 is 16.8. The van der Waals surface area contributed by atoms with Crippen molar-refractivity contribution in [3.8, 4) is 0 Å². The molecule has 0 bridgehead atoms. The Morgan fingerprint density at radius 2 is 2.14 bits per heavy atom. The fourth-order valence-corrected chi connectivity index (χ4v) is 5.44. The predicted molar refractivity (Wildman–Crippen MR) is 116 cm³/mol. The summed E-state index contributed by atoms with van der Waals surface area (Å²) in [4.78, 5) is 12.8. The molecule has 1 saturated carbocycles. The first kappa shape index (κ1) is 22.6. The molecule has 0 aromatic carbocycles. The predicted octanol–water partition coefficient (Wildman–Crippen LogP) is 5.28. The van der Waals surface area contributed by atoms with Gasteiger partial charge in [-0.1, -0.05) is 31.8 Å². The van der Waals surface area contributed by atoms with Crippen molar-refractivity contribution in [3.63, 3.8) is 0 Å². The Balaban J connectivity index is 1.64. The Morgan fingerprint density at radius 3 is 2.79 bits per heavy atom. The number of hydrogen-bond donors (Lipinski definition) is 1. The van der Waals surface area contributed by atoms with E-state index in [1.54, 1.807) is 11.8 Å². The molecule has 1 unspecified atom stereocenters. The molecule has 1 aromatic heterocycles. The number of carbonyl (C=O) groups is 1. The second-order valence-corrected chi connectivity index (χ2v) is 11.0. The smallest absolute Gasteiger partial charge is 0.242 e. The van der Waals surface area contributed by atoms with E-state index < -0.39 is 4.75 Å². The average Bonchev–Trinajstić information content (AvgIpc) is 3.37. The maximum Gasteiger partial charge on any atom is 0.242 e. The molecule has 1 saturated heterocycles. The number of rotatable bonds is 9. The van der Waals surface area contributed by atoms with Crippen LogP contribution in [0.2, 0.25) is 0 Å². The SMILES string of the molecule is CC[C@H](C)SC(C)(C)C(=O)Nc1cc(C2(COC3CCCCO3)CCCC2)no1. The maximum atomic E-state index is 12.8. The van der Waals surface area contributed by atoms with Crippen LogP contribution >= 0.6 is 11.8 Å². The lowest BCUT2D eigenvalue weighted by Gasteiger charge is -2.30. The van der Waals surface area contributed by atoms with E-state index in [0.29, 0.717) is 17.7 Å². The zero-order valence-electron chi connectivity index (χ0n) is 18.3. The van der Waals surface area contributed by atoms with Gasteiger partial charge in [-0.15, -0.1) is 11.8 Å². The molecule has 2 aliphatic rings. The van der Waals surface area contributed by atoms with E-state index in [1.807, 2.05) is 19.9 Å². The lowest BCUT2D eigenvalue weighted by Crippen LogP contribution is -2.35. The van der Waals surface area contributed by atoms with Gasteiger partial charge in [0, 0.05) is 23.3 Å². The van der Waals surface area contributed by atoms with Crippen molar-refractivity contribution in [2.75, 3.05) is 18.5 Å². The van der Waals surface area contributed by atoms with E-state index in [9.17, 15) is 4.79 Å². The van der Waals surface area contributed by atoms with Crippen molar-refractivity contribution < 1.29 is 18.8 Å². The average molecular weight is 425 g/mol. The Bertz CT molecular complexity index is 664. The van der Waals surface area contributed by atoms with Crippen LogP contribution in [0.5, 0.6) is 0 Å². The van der Waals surface area contributed by atoms with E-state index in [2.05, 4.69) is 24.3 Å². The molecule has 2 atom stereocenters. The van der Waals surface area contributed by atoms with Gasteiger partial charge in [0.25, 0.3) is 0 Å². The van der Waals surface area contributed by atoms with Gasteiger partial charge < -0.3 is 14.0 Å². The summed E-state index contributed by atoms with van der Waals surface area (Å²) in [6, 6.07) is 1.89. The first-order valence-corrected chi connectivity index (χ1v) is 11.9. The van der Waals surface area contributed by atoms with E-state index in [1.165, 1.54) is 0 Å². The quantitative estimate of drug-likeness (QED) is 0.581. The number of thioether (sulfide) groups is 1. The molecule has 164 valence electrons. The monoisotopic (exact) mass is 424 g/mol. The molecule has 2 fully saturated rings. The van der Waals surface area contributed by atoms with Crippen LogP contribution in [0.3, 0.4) is 0 Å². The molecule has 0 radical (unpaired) electrons. The molecule has 3 rings (SSSR count). The topological polar surface area (TPSA) is 73.6 Å². The van der Waals surface area contributed by atoms with Gasteiger partial charge in [-0.3, -0.25) is 10.1 Å². The van der Waals surface area contributed by atoms with Crippen molar-refractivity contribution in [1.29, 1.82) is 0 Å². The van der Waals surface area contributed by atoms with Crippen LogP contribution in [-0.2, 0) is 19.7 Å². The Labute approximate surface area is 178 Å². The van der Waals surface area contributed by atoms with E-state index in [-0.39, 0.29) is 17.6 Å². The van der Waals surface area contributed by atoms with Crippen molar-refractivity contribution in [2.24, 2.45) is 0 Å². The fourth-order valence-electron chi connectivity index (χ4n) is 4.11. The molecule has 0 spiro atoms. The first-order chi connectivity index (χ1) is 13.8. The van der Waals surface area contributed by atoms with Crippen molar-refractivity contribution in [1.82, 2.24) is 5.16 Å². The van der Waals surface area contributed by atoms with Gasteiger partial charge in [0.1, 0.15) is 0 Å². The van der Waals surface area contributed by atoms with Crippen LogP contribution in [0.25, 0.3) is 0 Å². The molecule has 1 N–H and O–H groups in total. The maximum absolute atomic E-state index is 12.8. The second kappa shape index (κ2) is 9.84. The standard InChI is InChI=1S/C22H36N2O4S/c1-5-16(2)29-21(3,4)20(25)23-18-14-17(24-28-18)22(11-7-8-12-22)15-27-19-10-6-9-13-26-19/h14,16,19H,5-13,15H2,1-4H3,(H,23,25)/t16-,19?/m0/s1. The Kier molecular flexibility index (Phi) is 7.68. The minimum Gasteiger partial charge on any atom is -0.353 e. The third-order valence-corrected chi connectivity index (χ3v) is 7.66. The molecule has 6 nitrogen and oxygen atoms in total. The van der Waals surface area contributed by atoms with Gasteiger partial charge in [0.15, 0.2) is 6.29 Å². The minimum atomic E-state index is -0.533. The summed E-state index contributed by atoms with van der Waals surface area (Å²) in [5.41, 5.74) is 0.738. The molecule has 7 heteroatoms. The van der Waals surface area contributed by atoms with E-state index in [0.717, 1.165) is 63.7 Å². The third kappa shape index (κ3) is 5.76. The highest BCUT2D eigenvalue weighted by Gasteiger charge is 2.40. The molecule has 1 aromatic rings. The number of nitrogens with one attached hydrogen (secondary N) is 1. The van der Waals surface area contributed by atoms with Crippen molar-refractivity contribution >= 4 is 23.6 Å². The number of carbonyl (C=O) groups excluding carboxylic acids is 1. The van der Waals surface area contributed by atoms with Gasteiger partial charge in [-0.25, -0.2) is 0 Å². The molecule has 29 heavy (non-hydrogen) atoms. The number of hydrogen-bond acceptors (Lipinski definition) is 6. The van der Waals surface area contributed by atoms with Gasteiger partial charge in [0.05, 0.1) is 17.0 Å². The Morgan fingerprint density at radius 1 is 1.38 bits per heavy atom. The van der Waals surface area contributed by atoms with E-state index >= 15 is 0 Å². The normalized spacial score (nSPS) is 23.1. The van der Waals surface area contributed by atoms with Crippen LogP contribution in [0.1, 0.15) is 84.8 Å². The van der Waals surface area contributed by atoms with Crippen LogP contribution < -0.4 is 5.32 Å². The van der Waals surface area contributed by atoms with Gasteiger partial charge in [-0.2, -0.15) is 0 Å². The zero-order valence-corrected chi connectivity index (χ0v) is 19.1. The van der Waals surface area contributed by atoms with Crippen LogP contribution in [0, 0.1) is 0 Å². The highest BCUT2D eigenvalue weighted by molar-refractivity contribution is 8.01. The minimum absolute atomic E-state index is 0.0576. The first-order valence-electron chi connectivity index (χ1n) is 11.0. The third-order valence-electron chi connectivity index (χ3n) is 6.15.